The monoisotopic (exact) mass is 318 g/mol. The van der Waals surface area contributed by atoms with Crippen molar-refractivity contribution in [3.8, 4) is 0 Å². The van der Waals surface area contributed by atoms with Gasteiger partial charge in [0.1, 0.15) is 4.90 Å². The highest BCUT2D eigenvalue weighted by atomic mass is 32.2. The van der Waals surface area contributed by atoms with Crippen molar-refractivity contribution in [1.82, 2.24) is 0 Å². The molecule has 0 atom stereocenters. The maximum Gasteiger partial charge on any atom is 0.337 e. The Labute approximate surface area is 118 Å². The molecule has 0 spiro atoms. The number of aromatic carboxylic acids is 2. The van der Waals surface area contributed by atoms with Gasteiger partial charge in [0.15, 0.2) is 0 Å². The van der Waals surface area contributed by atoms with E-state index in [2.05, 4.69) is 0 Å². The van der Waals surface area contributed by atoms with E-state index in [1.54, 1.807) is 0 Å². The minimum atomic E-state index is -4.98. The van der Waals surface area contributed by atoms with Crippen molar-refractivity contribution >= 4 is 28.0 Å². The zero-order chi connectivity index (χ0) is 16.5. The van der Waals surface area contributed by atoms with Crippen LogP contribution in [0.2, 0.25) is 0 Å². The third-order valence-electron chi connectivity index (χ3n) is 2.60. The number of benzene rings is 1. The molecule has 0 fully saturated rings. The second-order valence-electron chi connectivity index (χ2n) is 4.08. The number of rotatable bonds is 5. The number of carboxylic acids is 3. The molecule has 1 rings (SSSR count). The minimum absolute atomic E-state index is 0.318. The number of carboxylic acid groups (broad SMARTS) is 3. The molecule has 0 aromatic heterocycles. The van der Waals surface area contributed by atoms with Gasteiger partial charge in [-0.15, -0.1) is 0 Å². The van der Waals surface area contributed by atoms with Crippen molar-refractivity contribution in [1.29, 1.82) is 0 Å². The molecule has 0 aliphatic heterocycles. The van der Waals surface area contributed by atoms with Crippen LogP contribution in [-0.4, -0.2) is 46.2 Å². The van der Waals surface area contributed by atoms with Gasteiger partial charge < -0.3 is 15.3 Å². The Bertz CT molecular complexity index is 745. The summed E-state index contributed by atoms with van der Waals surface area (Å²) in [5.41, 5.74) is -2.74. The van der Waals surface area contributed by atoms with Crippen LogP contribution in [0.5, 0.6) is 0 Å². The van der Waals surface area contributed by atoms with E-state index in [1.165, 1.54) is 0 Å². The van der Waals surface area contributed by atoms with Crippen molar-refractivity contribution in [3.05, 3.63) is 28.3 Å². The highest BCUT2D eigenvalue weighted by Gasteiger charge is 2.31. The molecule has 10 heteroatoms. The Kier molecular flexibility index (Phi) is 4.35. The Morgan fingerprint density at radius 2 is 1.62 bits per heavy atom. The molecule has 4 N–H and O–H groups in total. The number of carbonyl (C=O) groups is 3. The average Bonchev–Trinajstić information content (AvgIpc) is 2.27. The molecule has 0 radical (unpaired) electrons. The van der Waals surface area contributed by atoms with Gasteiger partial charge in [-0.25, -0.2) is 9.59 Å². The van der Waals surface area contributed by atoms with E-state index in [1.807, 2.05) is 0 Å². The van der Waals surface area contributed by atoms with Crippen molar-refractivity contribution in [3.63, 3.8) is 0 Å². The Balaban J connectivity index is 4.00. The van der Waals surface area contributed by atoms with Crippen LogP contribution in [-0.2, 0) is 21.3 Å². The summed E-state index contributed by atoms with van der Waals surface area (Å²) in [5, 5.41) is 26.8. The summed E-state index contributed by atoms with van der Waals surface area (Å²) in [6.07, 6.45) is -1.02. The number of aryl methyl sites for hydroxylation is 1. The Morgan fingerprint density at radius 1 is 1.10 bits per heavy atom. The van der Waals surface area contributed by atoms with Crippen LogP contribution in [0, 0.1) is 6.92 Å². The Hall–Kier alpha value is -2.46. The lowest BCUT2D eigenvalue weighted by Gasteiger charge is -2.14. The smallest absolute Gasteiger partial charge is 0.337 e. The number of hydrogen-bond donors (Lipinski definition) is 4. The highest BCUT2D eigenvalue weighted by molar-refractivity contribution is 7.86. The standard InChI is InChI=1S/C11H10O9S/c1-4-2-6(10(14)15)5(3-7(12)13)8(11(16)17)9(4)21(18,19)20/h2H,3H2,1H3,(H,12,13)(H,14,15)(H,16,17)(H,18,19,20). The molecule has 114 valence electrons. The quantitative estimate of drug-likeness (QED) is 0.557. The predicted molar refractivity (Wildman–Crippen MR) is 66.3 cm³/mol. The van der Waals surface area contributed by atoms with Gasteiger partial charge in [-0.3, -0.25) is 9.35 Å². The molecular formula is C11H10O9S. The van der Waals surface area contributed by atoms with Crippen LogP contribution in [0.4, 0.5) is 0 Å². The normalized spacial score (nSPS) is 11.1. The fourth-order valence-electron chi connectivity index (χ4n) is 1.92. The molecule has 0 aliphatic rings. The van der Waals surface area contributed by atoms with Crippen LogP contribution >= 0.6 is 0 Å². The third kappa shape index (κ3) is 3.35. The summed E-state index contributed by atoms with van der Waals surface area (Å²) >= 11 is 0. The summed E-state index contributed by atoms with van der Waals surface area (Å²) < 4.78 is 31.7. The van der Waals surface area contributed by atoms with E-state index in [0.29, 0.717) is 0 Å². The van der Waals surface area contributed by atoms with E-state index in [4.69, 9.17) is 19.9 Å². The van der Waals surface area contributed by atoms with Crippen molar-refractivity contribution in [2.75, 3.05) is 0 Å². The largest absolute Gasteiger partial charge is 0.481 e. The minimum Gasteiger partial charge on any atom is -0.481 e. The third-order valence-corrected chi connectivity index (χ3v) is 3.65. The van der Waals surface area contributed by atoms with E-state index >= 15 is 0 Å². The van der Waals surface area contributed by atoms with E-state index in [-0.39, 0.29) is 5.56 Å². The summed E-state index contributed by atoms with van der Waals surface area (Å²) in [6, 6.07) is 0.802. The fourth-order valence-corrected chi connectivity index (χ4v) is 2.86. The SMILES string of the molecule is Cc1cc(C(=O)O)c(CC(=O)O)c(C(=O)O)c1S(=O)(=O)O. The molecule has 1 aromatic rings. The van der Waals surface area contributed by atoms with Gasteiger partial charge in [-0.1, -0.05) is 0 Å². The van der Waals surface area contributed by atoms with Crippen molar-refractivity contribution in [2.24, 2.45) is 0 Å². The second kappa shape index (κ2) is 5.50. The maximum absolute atomic E-state index is 11.3. The molecule has 0 saturated heterocycles. The second-order valence-corrected chi connectivity index (χ2v) is 5.44. The van der Waals surface area contributed by atoms with Crippen LogP contribution in [0.25, 0.3) is 0 Å². The average molecular weight is 318 g/mol. The lowest BCUT2D eigenvalue weighted by Crippen LogP contribution is -2.19. The topological polar surface area (TPSA) is 166 Å². The Morgan fingerprint density at radius 3 is 1.95 bits per heavy atom. The fraction of sp³-hybridized carbons (Fsp3) is 0.182. The molecule has 0 saturated carbocycles. The van der Waals surface area contributed by atoms with Crippen molar-refractivity contribution in [2.45, 2.75) is 18.2 Å². The van der Waals surface area contributed by atoms with Gasteiger partial charge in [0, 0.05) is 0 Å². The van der Waals surface area contributed by atoms with Gasteiger partial charge in [-0.05, 0) is 24.1 Å². The van der Waals surface area contributed by atoms with Gasteiger partial charge >= 0.3 is 17.9 Å². The molecule has 9 nitrogen and oxygen atoms in total. The first kappa shape index (κ1) is 16.6. The van der Waals surface area contributed by atoms with Crippen LogP contribution < -0.4 is 0 Å². The molecule has 0 unspecified atom stereocenters. The maximum atomic E-state index is 11.3. The molecule has 21 heavy (non-hydrogen) atoms. The number of hydrogen-bond acceptors (Lipinski definition) is 5. The first-order valence-electron chi connectivity index (χ1n) is 5.29. The molecule has 0 amide bonds. The van der Waals surface area contributed by atoms with Gasteiger partial charge in [0.2, 0.25) is 0 Å². The summed E-state index contributed by atoms with van der Waals surface area (Å²) in [4.78, 5) is 32.1. The number of aliphatic carboxylic acids is 1. The van der Waals surface area contributed by atoms with Crippen LogP contribution in [0.1, 0.15) is 31.8 Å². The van der Waals surface area contributed by atoms with Crippen molar-refractivity contribution < 1.29 is 42.7 Å². The van der Waals surface area contributed by atoms with E-state index in [0.717, 1.165) is 13.0 Å². The lowest BCUT2D eigenvalue weighted by molar-refractivity contribution is -0.136. The molecule has 1 aromatic carbocycles. The zero-order valence-electron chi connectivity index (χ0n) is 10.5. The van der Waals surface area contributed by atoms with Crippen LogP contribution in [0.3, 0.4) is 0 Å². The van der Waals surface area contributed by atoms with Gasteiger partial charge in [0.05, 0.1) is 17.5 Å². The zero-order valence-corrected chi connectivity index (χ0v) is 11.3. The van der Waals surface area contributed by atoms with Gasteiger partial charge in [-0.2, -0.15) is 8.42 Å². The molecule has 0 heterocycles. The van der Waals surface area contributed by atoms with Crippen LogP contribution in [0.15, 0.2) is 11.0 Å². The van der Waals surface area contributed by atoms with E-state index in [9.17, 15) is 22.8 Å². The summed E-state index contributed by atoms with van der Waals surface area (Å²) in [6.45, 7) is 1.09. The molecule has 0 aliphatic carbocycles. The lowest BCUT2D eigenvalue weighted by atomic mass is 9.95. The van der Waals surface area contributed by atoms with E-state index < -0.39 is 56.0 Å². The summed E-state index contributed by atoms with van der Waals surface area (Å²) in [5.74, 6) is -5.02. The predicted octanol–water partition coefficient (Wildman–Crippen LogP) is 0.265. The first-order valence-corrected chi connectivity index (χ1v) is 6.73. The molecular weight excluding hydrogens is 308 g/mol. The highest BCUT2D eigenvalue weighted by Crippen LogP contribution is 2.28. The first-order chi connectivity index (χ1) is 9.46. The van der Waals surface area contributed by atoms with Gasteiger partial charge in [0.25, 0.3) is 10.1 Å². The molecule has 0 bridgehead atoms. The summed E-state index contributed by atoms with van der Waals surface area (Å²) in [7, 11) is -4.98.